The van der Waals surface area contributed by atoms with Crippen LogP contribution >= 0.6 is 0 Å². The average Bonchev–Trinajstić information content (AvgIpc) is 2.12. The van der Waals surface area contributed by atoms with Gasteiger partial charge in [-0.25, -0.2) is 0 Å². The largest absolute Gasteiger partial charge is 0.508 e. The highest BCUT2D eigenvalue weighted by atomic mass is 16.3. The van der Waals surface area contributed by atoms with E-state index in [1.807, 2.05) is 13.8 Å². The van der Waals surface area contributed by atoms with Crippen LogP contribution in [-0.2, 0) is 11.2 Å². The summed E-state index contributed by atoms with van der Waals surface area (Å²) in [5.74, 6) is 0.369. The second-order valence-corrected chi connectivity index (χ2v) is 2.55. The van der Waals surface area contributed by atoms with Gasteiger partial charge in [0.1, 0.15) is 11.5 Å². The molecule has 0 aliphatic carbocycles. The molecule has 0 aliphatic rings. The summed E-state index contributed by atoms with van der Waals surface area (Å²) in [5.41, 5.74) is 0.940. The molecule has 0 atom stereocenters. The van der Waals surface area contributed by atoms with Crippen LogP contribution in [0.3, 0.4) is 0 Å². The highest BCUT2D eigenvalue weighted by Crippen LogP contribution is 2.09. The van der Waals surface area contributed by atoms with Crippen molar-refractivity contribution < 1.29 is 9.90 Å². The monoisotopic (exact) mass is 180 g/mol. The summed E-state index contributed by atoms with van der Waals surface area (Å²) in [4.78, 5) is 10.6. The van der Waals surface area contributed by atoms with Gasteiger partial charge in [0.2, 0.25) is 0 Å². The fourth-order valence-corrected chi connectivity index (χ4v) is 0.901. The van der Waals surface area contributed by atoms with Gasteiger partial charge in [0, 0.05) is 6.42 Å². The Balaban J connectivity index is 0.000000671. The molecule has 0 amide bonds. The molecule has 72 valence electrons. The number of aromatic hydroxyl groups is 1. The zero-order chi connectivity index (χ0) is 10.3. The van der Waals surface area contributed by atoms with E-state index in [1.54, 1.807) is 31.2 Å². The van der Waals surface area contributed by atoms with Gasteiger partial charge in [0.15, 0.2) is 0 Å². The third kappa shape index (κ3) is 5.01. The molecule has 0 fully saturated rings. The maximum absolute atomic E-state index is 10.6. The first kappa shape index (κ1) is 11.7. The molecule has 1 rings (SSSR count). The molecule has 0 aliphatic heterocycles. The van der Waals surface area contributed by atoms with Crippen LogP contribution in [0, 0.1) is 0 Å². The lowest BCUT2D eigenvalue weighted by molar-refractivity contribution is -0.116. The molecule has 1 aromatic carbocycles. The van der Waals surface area contributed by atoms with Crippen LogP contribution in [0.2, 0.25) is 0 Å². The normalized spacial score (nSPS) is 8.54. The number of carbonyl (C=O) groups excluding carboxylic acids is 1. The summed E-state index contributed by atoms with van der Waals surface area (Å²) >= 11 is 0. The number of ketones is 1. The lowest BCUT2D eigenvalue weighted by Crippen LogP contribution is -1.94. The highest BCUT2D eigenvalue weighted by Gasteiger charge is 1.95. The number of phenolic OH excluding ortho intramolecular Hbond substituents is 1. The van der Waals surface area contributed by atoms with Crippen molar-refractivity contribution in [2.45, 2.75) is 27.2 Å². The topological polar surface area (TPSA) is 37.3 Å². The fraction of sp³-hybridized carbons (Fsp3) is 0.364. The summed E-state index contributed by atoms with van der Waals surface area (Å²) in [5, 5.41) is 8.91. The van der Waals surface area contributed by atoms with E-state index in [9.17, 15) is 4.79 Å². The van der Waals surface area contributed by atoms with Crippen LogP contribution in [0.15, 0.2) is 24.3 Å². The van der Waals surface area contributed by atoms with Crippen molar-refractivity contribution in [1.82, 2.24) is 0 Å². The highest BCUT2D eigenvalue weighted by molar-refractivity contribution is 5.78. The Hall–Kier alpha value is -1.31. The third-order valence-corrected chi connectivity index (χ3v) is 1.39. The van der Waals surface area contributed by atoms with Crippen LogP contribution in [0.1, 0.15) is 26.3 Å². The first-order valence-corrected chi connectivity index (χ1v) is 4.46. The fourth-order valence-electron chi connectivity index (χ4n) is 0.901. The number of carbonyl (C=O) groups is 1. The molecular formula is C11H16O2. The van der Waals surface area contributed by atoms with Gasteiger partial charge < -0.3 is 5.11 Å². The summed E-state index contributed by atoms with van der Waals surface area (Å²) in [6.45, 7) is 5.55. The standard InChI is InChI=1S/C9H10O2.C2H6/c1-7(10)6-8-2-4-9(11)5-3-8;1-2/h2-5,11H,6H2,1H3;1-2H3. The average molecular weight is 180 g/mol. The Labute approximate surface area is 79.2 Å². The molecule has 13 heavy (non-hydrogen) atoms. The van der Waals surface area contributed by atoms with Gasteiger partial charge in [-0.2, -0.15) is 0 Å². The van der Waals surface area contributed by atoms with Crippen LogP contribution < -0.4 is 0 Å². The minimum absolute atomic E-state index is 0.135. The Kier molecular flexibility index (Phi) is 5.60. The second-order valence-electron chi connectivity index (χ2n) is 2.55. The molecule has 0 spiro atoms. The quantitative estimate of drug-likeness (QED) is 0.759. The molecule has 1 aromatic rings. The predicted molar refractivity (Wildman–Crippen MR) is 53.8 cm³/mol. The van der Waals surface area contributed by atoms with E-state index >= 15 is 0 Å². The van der Waals surface area contributed by atoms with Crippen molar-refractivity contribution in [3.05, 3.63) is 29.8 Å². The molecule has 0 heterocycles. The minimum atomic E-state index is 0.135. The minimum Gasteiger partial charge on any atom is -0.508 e. The van der Waals surface area contributed by atoms with E-state index in [0.29, 0.717) is 6.42 Å². The summed E-state index contributed by atoms with van der Waals surface area (Å²) in [6.07, 6.45) is 0.445. The van der Waals surface area contributed by atoms with Crippen molar-refractivity contribution in [2.24, 2.45) is 0 Å². The van der Waals surface area contributed by atoms with Crippen LogP contribution in [0.25, 0.3) is 0 Å². The molecule has 0 unspecified atom stereocenters. The van der Waals surface area contributed by atoms with Gasteiger partial charge in [-0.1, -0.05) is 26.0 Å². The Morgan fingerprint density at radius 3 is 2.08 bits per heavy atom. The Bertz CT molecular complexity index is 249. The third-order valence-electron chi connectivity index (χ3n) is 1.39. The summed E-state index contributed by atoms with van der Waals surface area (Å²) in [6, 6.07) is 6.66. The molecular weight excluding hydrogens is 164 g/mol. The first-order chi connectivity index (χ1) is 6.18. The number of hydrogen-bond acceptors (Lipinski definition) is 2. The lowest BCUT2D eigenvalue weighted by Gasteiger charge is -1.96. The first-order valence-electron chi connectivity index (χ1n) is 4.46. The smallest absolute Gasteiger partial charge is 0.134 e. The van der Waals surface area contributed by atoms with Crippen LogP contribution in [0.5, 0.6) is 5.75 Å². The van der Waals surface area contributed by atoms with Gasteiger partial charge >= 0.3 is 0 Å². The molecule has 0 saturated carbocycles. The maximum Gasteiger partial charge on any atom is 0.134 e. The van der Waals surface area contributed by atoms with E-state index in [4.69, 9.17) is 5.11 Å². The lowest BCUT2D eigenvalue weighted by atomic mass is 10.1. The molecule has 0 bridgehead atoms. The van der Waals surface area contributed by atoms with Crippen molar-refractivity contribution >= 4 is 5.78 Å². The van der Waals surface area contributed by atoms with Crippen LogP contribution in [0.4, 0.5) is 0 Å². The zero-order valence-electron chi connectivity index (χ0n) is 8.37. The molecule has 2 heteroatoms. The van der Waals surface area contributed by atoms with E-state index in [1.165, 1.54) is 0 Å². The van der Waals surface area contributed by atoms with Gasteiger partial charge in [-0.3, -0.25) is 4.79 Å². The molecule has 2 nitrogen and oxygen atoms in total. The van der Waals surface area contributed by atoms with E-state index in [0.717, 1.165) is 5.56 Å². The Morgan fingerprint density at radius 2 is 1.69 bits per heavy atom. The van der Waals surface area contributed by atoms with Crippen molar-refractivity contribution in [3.63, 3.8) is 0 Å². The number of benzene rings is 1. The van der Waals surface area contributed by atoms with E-state index in [2.05, 4.69) is 0 Å². The molecule has 0 aromatic heterocycles. The molecule has 0 saturated heterocycles. The summed E-state index contributed by atoms with van der Waals surface area (Å²) < 4.78 is 0. The van der Waals surface area contributed by atoms with Crippen LogP contribution in [-0.4, -0.2) is 10.9 Å². The van der Waals surface area contributed by atoms with Gasteiger partial charge in [-0.15, -0.1) is 0 Å². The SMILES string of the molecule is CC.CC(=O)Cc1ccc(O)cc1. The summed E-state index contributed by atoms with van der Waals surface area (Å²) in [7, 11) is 0. The Morgan fingerprint density at radius 1 is 1.23 bits per heavy atom. The van der Waals surface area contributed by atoms with Gasteiger partial charge in [0.05, 0.1) is 0 Å². The number of Topliss-reactive ketones (excluding diaryl/α,β-unsaturated/α-hetero) is 1. The van der Waals surface area contributed by atoms with E-state index < -0.39 is 0 Å². The second kappa shape index (κ2) is 6.23. The van der Waals surface area contributed by atoms with Gasteiger partial charge in [-0.05, 0) is 24.6 Å². The maximum atomic E-state index is 10.6. The molecule has 1 N–H and O–H groups in total. The predicted octanol–water partition coefficient (Wildman–Crippen LogP) is 2.55. The van der Waals surface area contributed by atoms with Crippen molar-refractivity contribution in [1.29, 1.82) is 0 Å². The number of hydrogen-bond donors (Lipinski definition) is 1. The number of phenols is 1. The molecule has 0 radical (unpaired) electrons. The zero-order valence-corrected chi connectivity index (χ0v) is 8.37. The number of rotatable bonds is 2. The van der Waals surface area contributed by atoms with Crippen molar-refractivity contribution in [3.8, 4) is 5.75 Å². The van der Waals surface area contributed by atoms with E-state index in [-0.39, 0.29) is 11.5 Å². The van der Waals surface area contributed by atoms with Gasteiger partial charge in [0.25, 0.3) is 0 Å². The van der Waals surface area contributed by atoms with Crippen molar-refractivity contribution in [2.75, 3.05) is 0 Å².